The van der Waals surface area contributed by atoms with Crippen molar-refractivity contribution in [2.24, 2.45) is 5.11 Å². The van der Waals surface area contributed by atoms with Crippen LogP contribution < -0.4 is 0 Å². The summed E-state index contributed by atoms with van der Waals surface area (Å²) in [6.07, 6.45) is 0.0594. The van der Waals surface area contributed by atoms with Crippen LogP contribution in [-0.4, -0.2) is 60.0 Å². The van der Waals surface area contributed by atoms with Crippen molar-refractivity contribution < 1.29 is 23.1 Å². The molecule has 0 unspecified atom stereocenters. The van der Waals surface area contributed by atoms with Crippen LogP contribution in [0.4, 0.5) is 0 Å². The second kappa shape index (κ2) is 15.6. The van der Waals surface area contributed by atoms with Crippen molar-refractivity contribution in [3.8, 4) is 0 Å². The molecule has 0 saturated carbocycles. The maximum absolute atomic E-state index is 12.8. The molecule has 0 radical (unpaired) electrons. The summed E-state index contributed by atoms with van der Waals surface area (Å²) in [5.74, 6) is 0. The van der Waals surface area contributed by atoms with Gasteiger partial charge in [0.15, 0.2) is 22.9 Å². The maximum atomic E-state index is 12.8. The molecule has 1 heterocycles. The van der Waals surface area contributed by atoms with Gasteiger partial charge in [-0.25, -0.2) is 0 Å². The summed E-state index contributed by atoms with van der Waals surface area (Å²) >= 11 is 0. The molecule has 4 atom stereocenters. The highest BCUT2D eigenvalue weighted by atomic mass is 28.4. The van der Waals surface area contributed by atoms with Crippen molar-refractivity contribution in [1.29, 1.82) is 0 Å². The van der Waals surface area contributed by atoms with Crippen LogP contribution in [0.1, 0.15) is 74.3 Å². The van der Waals surface area contributed by atoms with Gasteiger partial charge in [-0.05, 0) is 45.9 Å². The average molecular weight is 592 g/mol. The Bertz CT molecular complexity index is 924. The van der Waals surface area contributed by atoms with Crippen LogP contribution in [0, 0.1) is 0 Å². The zero-order valence-corrected chi connectivity index (χ0v) is 28.3. The molecule has 1 aliphatic heterocycles. The molecule has 8 nitrogen and oxygen atoms in total. The molecule has 0 spiro atoms. The van der Waals surface area contributed by atoms with Gasteiger partial charge < -0.3 is 23.1 Å². The number of hydrogen-bond acceptors (Lipinski definition) is 6. The van der Waals surface area contributed by atoms with Crippen molar-refractivity contribution in [3.63, 3.8) is 0 Å². The monoisotopic (exact) mass is 591 g/mol. The molecule has 2 rings (SSSR count). The van der Waals surface area contributed by atoms with E-state index in [1.54, 1.807) is 0 Å². The Labute approximate surface area is 244 Å². The summed E-state index contributed by atoms with van der Waals surface area (Å²) in [6.45, 7) is 20.6. The van der Waals surface area contributed by atoms with Gasteiger partial charge in [-0.3, -0.25) is 0 Å². The molecule has 1 fully saturated rings. The van der Waals surface area contributed by atoms with Gasteiger partial charge in [0.2, 0.25) is 0 Å². The second-order valence-electron chi connectivity index (χ2n) is 12.2. The molecule has 1 saturated heterocycles. The molecule has 0 amide bonds. The van der Waals surface area contributed by atoms with Crippen LogP contribution in [0.25, 0.3) is 10.4 Å². The first-order chi connectivity index (χ1) is 19.0. The lowest BCUT2D eigenvalue weighted by Gasteiger charge is -2.49. The largest absolute Gasteiger partial charge is 0.413 e. The summed E-state index contributed by atoms with van der Waals surface area (Å²) in [5, 5.41) is 4.23. The minimum Gasteiger partial charge on any atom is -0.413 e. The van der Waals surface area contributed by atoms with Crippen LogP contribution in [0.5, 0.6) is 0 Å². The molecular weight excluding hydrogens is 539 g/mol. The van der Waals surface area contributed by atoms with Gasteiger partial charge in [0.05, 0.1) is 38.1 Å². The van der Waals surface area contributed by atoms with Gasteiger partial charge in [-0.1, -0.05) is 97.8 Å². The highest BCUT2D eigenvalue weighted by Crippen LogP contribution is 2.43. The third-order valence-electron chi connectivity index (χ3n) is 9.09. The quantitative estimate of drug-likeness (QED) is 0.0597. The first-order valence-electron chi connectivity index (χ1n) is 15.1. The standard InChI is InChI=1S/C30H53N3O5Si2/c1-10-39(11-2,12-3)38-27-18-30(21-34,22-35-19-26-16-14-13-15-17-26)37-28(29(27)32-33-31)20-36-40(23(4)5,24(6)7)25(8)9/h13-17,21,23-25,27-29H,10-12,18-20,22H2,1-9H3/t27-,28+,29-,30+/m1/s1. The molecular formula is C30H53N3O5Si2. The highest BCUT2D eigenvalue weighted by molar-refractivity contribution is 6.77. The minimum absolute atomic E-state index is 0.0881. The van der Waals surface area contributed by atoms with Crippen LogP contribution in [-0.2, 0) is 29.7 Å². The van der Waals surface area contributed by atoms with Crippen molar-refractivity contribution in [3.05, 3.63) is 46.3 Å². The molecule has 226 valence electrons. The molecule has 0 aliphatic carbocycles. The Balaban J connectivity index is 2.46. The number of azide groups is 1. The molecule has 0 aromatic heterocycles. The average Bonchev–Trinajstić information content (AvgIpc) is 2.93. The number of aldehydes is 1. The van der Waals surface area contributed by atoms with E-state index in [2.05, 4.69) is 72.3 Å². The lowest BCUT2D eigenvalue weighted by Crippen LogP contribution is -2.61. The molecule has 40 heavy (non-hydrogen) atoms. The van der Waals surface area contributed by atoms with E-state index in [9.17, 15) is 10.3 Å². The van der Waals surface area contributed by atoms with Crippen molar-refractivity contribution in [2.75, 3.05) is 13.2 Å². The highest BCUT2D eigenvalue weighted by Gasteiger charge is 2.52. The van der Waals surface area contributed by atoms with E-state index in [-0.39, 0.29) is 19.6 Å². The SMILES string of the molecule is CC[Si](CC)(CC)O[C@@H]1C[C@](C=O)(COCc2ccccc2)O[C@@H](CO[Si](C(C)C)(C(C)C)C(C)C)[C@@H]1N=[N+]=[N-]. The number of rotatable bonds is 17. The first kappa shape index (κ1) is 34.7. The molecule has 1 aliphatic rings. The maximum Gasteiger partial charge on any atom is 0.200 e. The Morgan fingerprint density at radius 3 is 2.10 bits per heavy atom. The topological polar surface area (TPSA) is 103 Å². The number of carbonyl (C=O) groups excluding carboxylic acids is 1. The Hall–Kier alpha value is -1.53. The minimum atomic E-state index is -2.25. The number of nitrogens with zero attached hydrogens (tertiary/aromatic N) is 3. The van der Waals surface area contributed by atoms with Gasteiger partial charge in [0, 0.05) is 11.3 Å². The summed E-state index contributed by atoms with van der Waals surface area (Å²) in [6, 6.07) is 12.1. The summed E-state index contributed by atoms with van der Waals surface area (Å²) in [5.41, 5.74) is 10.5. The first-order valence-corrected chi connectivity index (χ1v) is 19.8. The number of hydrogen-bond donors (Lipinski definition) is 0. The van der Waals surface area contributed by atoms with Gasteiger partial charge in [0.25, 0.3) is 0 Å². The van der Waals surface area contributed by atoms with Gasteiger partial charge in [0.1, 0.15) is 5.60 Å². The third-order valence-corrected chi connectivity index (χ3v) is 19.8. The van der Waals surface area contributed by atoms with E-state index in [1.165, 1.54) is 0 Å². The number of benzene rings is 1. The number of ether oxygens (including phenoxy) is 2. The van der Waals surface area contributed by atoms with Gasteiger partial charge in [-0.15, -0.1) is 0 Å². The van der Waals surface area contributed by atoms with Crippen LogP contribution in [0.3, 0.4) is 0 Å². The van der Waals surface area contributed by atoms with Crippen molar-refractivity contribution in [2.45, 2.75) is 134 Å². The molecule has 0 N–H and O–H groups in total. The van der Waals surface area contributed by atoms with E-state index < -0.39 is 40.5 Å². The van der Waals surface area contributed by atoms with Crippen LogP contribution >= 0.6 is 0 Å². The van der Waals surface area contributed by atoms with Gasteiger partial charge in [-0.2, -0.15) is 0 Å². The summed E-state index contributed by atoms with van der Waals surface area (Å²) in [7, 11) is -4.35. The second-order valence-corrected chi connectivity index (χ2v) is 22.4. The van der Waals surface area contributed by atoms with E-state index in [4.69, 9.17) is 18.3 Å². The normalized spacial score (nSPS) is 23.9. The van der Waals surface area contributed by atoms with Gasteiger partial charge >= 0.3 is 0 Å². The predicted molar refractivity (Wildman–Crippen MR) is 166 cm³/mol. The molecule has 10 heteroatoms. The smallest absolute Gasteiger partial charge is 0.200 e. The lowest BCUT2D eigenvalue weighted by molar-refractivity contribution is -0.194. The Morgan fingerprint density at radius 1 is 1.05 bits per heavy atom. The Morgan fingerprint density at radius 2 is 1.62 bits per heavy atom. The third kappa shape index (κ3) is 8.06. The number of carbonyl (C=O) groups is 1. The molecule has 1 aromatic rings. The Kier molecular flexibility index (Phi) is 13.5. The zero-order valence-electron chi connectivity index (χ0n) is 26.3. The molecule has 1 aromatic carbocycles. The van der Waals surface area contributed by atoms with Crippen LogP contribution in [0.2, 0.25) is 34.8 Å². The van der Waals surface area contributed by atoms with E-state index in [0.717, 1.165) is 30.0 Å². The van der Waals surface area contributed by atoms with Crippen molar-refractivity contribution in [1.82, 2.24) is 0 Å². The van der Waals surface area contributed by atoms with Crippen LogP contribution in [0.15, 0.2) is 35.4 Å². The predicted octanol–water partition coefficient (Wildman–Crippen LogP) is 8.19. The van der Waals surface area contributed by atoms with Crippen molar-refractivity contribution >= 4 is 22.9 Å². The van der Waals surface area contributed by atoms with E-state index >= 15 is 0 Å². The summed E-state index contributed by atoms with van der Waals surface area (Å²) < 4.78 is 26.5. The fraction of sp³-hybridized carbons (Fsp3) is 0.767. The lowest BCUT2D eigenvalue weighted by atomic mass is 9.88. The van der Waals surface area contributed by atoms with E-state index in [1.807, 2.05) is 30.3 Å². The fourth-order valence-corrected chi connectivity index (χ4v) is 15.1. The molecule has 0 bridgehead atoms. The van der Waals surface area contributed by atoms with E-state index in [0.29, 0.717) is 23.2 Å². The zero-order chi connectivity index (χ0) is 30.0. The summed E-state index contributed by atoms with van der Waals surface area (Å²) in [4.78, 5) is 16.0. The fourth-order valence-electron chi connectivity index (χ4n) is 6.74.